The summed E-state index contributed by atoms with van der Waals surface area (Å²) in [6.45, 7) is 5.70. The number of carbonyl (C=O) groups excluding carboxylic acids is 3. The van der Waals surface area contributed by atoms with Crippen molar-refractivity contribution >= 4 is 29.7 Å². The van der Waals surface area contributed by atoms with Crippen molar-refractivity contribution in [2.75, 3.05) is 6.61 Å². The van der Waals surface area contributed by atoms with E-state index in [1.165, 1.54) is 0 Å². The second-order valence-electron chi connectivity index (χ2n) is 5.08. The third kappa shape index (κ3) is 5.55. The molecule has 128 valence electrons. The SMILES string of the molecule is CCOC(=O)Cc1nnc(S[C@H](C(=O)NC(N)=O)C(C)C)n1C. The monoisotopic (exact) mass is 343 g/mol. The number of imide groups is 1. The molecule has 10 heteroatoms. The summed E-state index contributed by atoms with van der Waals surface area (Å²) in [5.41, 5.74) is 4.98. The van der Waals surface area contributed by atoms with Crippen LogP contribution in [0.2, 0.25) is 0 Å². The van der Waals surface area contributed by atoms with Gasteiger partial charge in [-0.25, -0.2) is 4.79 Å². The number of nitrogens with zero attached hydrogens (tertiary/aromatic N) is 3. The van der Waals surface area contributed by atoms with Gasteiger partial charge in [-0.1, -0.05) is 25.6 Å². The summed E-state index contributed by atoms with van der Waals surface area (Å²) in [7, 11) is 1.69. The Labute approximate surface area is 138 Å². The smallest absolute Gasteiger partial charge is 0.318 e. The number of aromatic nitrogens is 3. The van der Waals surface area contributed by atoms with Crippen molar-refractivity contribution in [3.05, 3.63) is 5.82 Å². The van der Waals surface area contributed by atoms with Gasteiger partial charge in [-0.15, -0.1) is 10.2 Å². The van der Waals surface area contributed by atoms with Crippen LogP contribution >= 0.6 is 11.8 Å². The molecule has 0 unspecified atom stereocenters. The summed E-state index contributed by atoms with van der Waals surface area (Å²) in [5, 5.41) is 9.88. The molecule has 0 saturated carbocycles. The van der Waals surface area contributed by atoms with Gasteiger partial charge in [-0.3, -0.25) is 14.9 Å². The molecule has 9 nitrogen and oxygen atoms in total. The maximum Gasteiger partial charge on any atom is 0.318 e. The Morgan fingerprint density at radius 3 is 2.52 bits per heavy atom. The van der Waals surface area contributed by atoms with Crippen LogP contribution in [0.1, 0.15) is 26.6 Å². The molecule has 0 spiro atoms. The summed E-state index contributed by atoms with van der Waals surface area (Å²) in [6, 6.07) is -0.901. The lowest BCUT2D eigenvalue weighted by Gasteiger charge is -2.18. The highest BCUT2D eigenvalue weighted by Gasteiger charge is 2.27. The fraction of sp³-hybridized carbons (Fsp3) is 0.615. The zero-order chi connectivity index (χ0) is 17.6. The Balaban J connectivity index is 2.85. The predicted octanol–water partition coefficient (Wildman–Crippen LogP) is 0.232. The number of thioether (sulfide) groups is 1. The molecule has 1 aromatic rings. The lowest BCUT2D eigenvalue weighted by atomic mass is 10.1. The van der Waals surface area contributed by atoms with Gasteiger partial charge in [-0.05, 0) is 12.8 Å². The summed E-state index contributed by atoms with van der Waals surface area (Å²) in [6.07, 6.45) is -0.00225. The standard InChI is InChI=1S/C13H21N5O4S/c1-5-22-9(19)6-8-16-17-13(18(8)4)23-10(7(2)3)11(20)15-12(14)21/h7,10H,5-6H2,1-4H3,(H3,14,15,20,21)/t10-/m0/s1. The summed E-state index contributed by atoms with van der Waals surface area (Å²) in [4.78, 5) is 34.4. The molecule has 1 heterocycles. The van der Waals surface area contributed by atoms with Gasteiger partial charge in [-0.2, -0.15) is 0 Å². The quantitative estimate of drug-likeness (QED) is 0.535. The van der Waals surface area contributed by atoms with Crippen LogP contribution in [0.5, 0.6) is 0 Å². The van der Waals surface area contributed by atoms with E-state index in [1.807, 2.05) is 13.8 Å². The molecule has 0 saturated heterocycles. The van der Waals surface area contributed by atoms with Crippen LogP contribution in [-0.2, 0) is 27.8 Å². The molecule has 23 heavy (non-hydrogen) atoms. The Hall–Kier alpha value is -2.10. The molecule has 3 N–H and O–H groups in total. The number of amides is 3. The molecule has 0 aromatic carbocycles. The van der Waals surface area contributed by atoms with Gasteiger partial charge in [0.05, 0.1) is 11.9 Å². The first-order valence-electron chi connectivity index (χ1n) is 7.07. The van der Waals surface area contributed by atoms with Gasteiger partial charge < -0.3 is 15.0 Å². The molecule has 0 aliphatic rings. The third-order valence-corrected chi connectivity index (χ3v) is 4.45. The lowest BCUT2D eigenvalue weighted by Crippen LogP contribution is -2.42. The van der Waals surface area contributed by atoms with Gasteiger partial charge >= 0.3 is 12.0 Å². The molecule has 0 aliphatic carbocycles. The Morgan fingerprint density at radius 1 is 1.35 bits per heavy atom. The van der Waals surface area contributed by atoms with Crippen molar-refractivity contribution in [3.63, 3.8) is 0 Å². The maximum absolute atomic E-state index is 12.0. The number of urea groups is 1. The molecule has 0 radical (unpaired) electrons. The van der Waals surface area contributed by atoms with Crippen LogP contribution in [0.25, 0.3) is 0 Å². The van der Waals surface area contributed by atoms with E-state index >= 15 is 0 Å². The molecule has 1 aromatic heterocycles. The minimum absolute atomic E-state index is 0.00225. The first-order valence-corrected chi connectivity index (χ1v) is 7.95. The van der Waals surface area contributed by atoms with E-state index in [0.717, 1.165) is 11.8 Å². The zero-order valence-corrected chi connectivity index (χ0v) is 14.3. The number of esters is 1. The summed E-state index contributed by atoms with van der Waals surface area (Å²) in [5.74, 6) is -0.521. The molecule has 1 atom stereocenters. The van der Waals surface area contributed by atoms with Gasteiger partial charge in [0, 0.05) is 7.05 Å². The van der Waals surface area contributed by atoms with Gasteiger partial charge in [0.2, 0.25) is 5.91 Å². The fourth-order valence-corrected chi connectivity index (χ4v) is 2.76. The zero-order valence-electron chi connectivity index (χ0n) is 13.5. The first-order chi connectivity index (χ1) is 10.8. The first kappa shape index (κ1) is 18.9. The highest BCUT2D eigenvalue weighted by molar-refractivity contribution is 8.00. The Morgan fingerprint density at radius 2 is 2.00 bits per heavy atom. The molecule has 0 aliphatic heterocycles. The number of hydrogen-bond donors (Lipinski definition) is 2. The van der Waals surface area contributed by atoms with Gasteiger partial charge in [0.1, 0.15) is 12.2 Å². The van der Waals surface area contributed by atoms with Gasteiger partial charge in [0.15, 0.2) is 5.16 Å². The van der Waals surface area contributed by atoms with Crippen LogP contribution in [-0.4, -0.2) is 44.5 Å². The average Bonchev–Trinajstić information content (AvgIpc) is 2.76. The lowest BCUT2D eigenvalue weighted by molar-refractivity contribution is -0.142. The van der Waals surface area contributed by atoms with E-state index in [0.29, 0.717) is 17.6 Å². The molecule has 3 amide bonds. The number of nitrogens with one attached hydrogen (secondary N) is 1. The van der Waals surface area contributed by atoms with E-state index < -0.39 is 23.2 Å². The van der Waals surface area contributed by atoms with Crippen LogP contribution in [0.4, 0.5) is 4.79 Å². The molecular formula is C13H21N5O4S. The number of nitrogens with two attached hydrogens (primary N) is 1. The second kappa shape index (κ2) is 8.51. The van der Waals surface area contributed by atoms with Crippen molar-refractivity contribution in [1.82, 2.24) is 20.1 Å². The van der Waals surface area contributed by atoms with E-state index in [9.17, 15) is 14.4 Å². The number of hydrogen-bond acceptors (Lipinski definition) is 7. The van der Waals surface area contributed by atoms with Crippen molar-refractivity contribution in [3.8, 4) is 0 Å². The van der Waals surface area contributed by atoms with E-state index in [2.05, 4.69) is 15.5 Å². The Kier molecular flexibility index (Phi) is 7.01. The van der Waals surface area contributed by atoms with Crippen LogP contribution < -0.4 is 11.1 Å². The molecule has 0 fully saturated rings. The van der Waals surface area contributed by atoms with E-state index in [-0.39, 0.29) is 12.3 Å². The maximum atomic E-state index is 12.0. The normalized spacial score (nSPS) is 12.0. The topological polar surface area (TPSA) is 129 Å². The predicted molar refractivity (Wildman–Crippen MR) is 83.5 cm³/mol. The van der Waals surface area contributed by atoms with Crippen LogP contribution in [0, 0.1) is 5.92 Å². The van der Waals surface area contributed by atoms with E-state index in [4.69, 9.17) is 10.5 Å². The third-order valence-electron chi connectivity index (χ3n) is 2.88. The summed E-state index contributed by atoms with van der Waals surface area (Å²) < 4.78 is 6.49. The molecule has 1 rings (SSSR count). The summed E-state index contributed by atoms with van der Waals surface area (Å²) >= 11 is 1.15. The minimum atomic E-state index is -0.901. The number of primary amides is 1. The molecular weight excluding hydrogens is 322 g/mol. The highest BCUT2D eigenvalue weighted by atomic mass is 32.2. The highest BCUT2D eigenvalue weighted by Crippen LogP contribution is 2.27. The largest absolute Gasteiger partial charge is 0.466 e. The van der Waals surface area contributed by atoms with Crippen molar-refractivity contribution < 1.29 is 19.1 Å². The van der Waals surface area contributed by atoms with Crippen molar-refractivity contribution in [2.45, 2.75) is 37.6 Å². The number of carbonyl (C=O) groups is 3. The van der Waals surface area contributed by atoms with Crippen molar-refractivity contribution in [1.29, 1.82) is 0 Å². The second-order valence-corrected chi connectivity index (χ2v) is 6.18. The fourth-order valence-electron chi connectivity index (χ4n) is 1.74. The average molecular weight is 343 g/mol. The minimum Gasteiger partial charge on any atom is -0.466 e. The number of rotatable bonds is 7. The number of ether oxygens (including phenoxy) is 1. The molecule has 0 bridgehead atoms. The van der Waals surface area contributed by atoms with Gasteiger partial charge in [0.25, 0.3) is 0 Å². The van der Waals surface area contributed by atoms with E-state index in [1.54, 1.807) is 18.5 Å². The van der Waals surface area contributed by atoms with Crippen molar-refractivity contribution in [2.24, 2.45) is 18.7 Å². The Bertz CT molecular complexity index is 587. The van der Waals surface area contributed by atoms with Crippen LogP contribution in [0.15, 0.2) is 5.16 Å². The van der Waals surface area contributed by atoms with Crippen LogP contribution in [0.3, 0.4) is 0 Å².